The van der Waals surface area contributed by atoms with Crippen LogP contribution in [0, 0.1) is 10.5 Å². The molecule has 0 fully saturated rings. The molecule has 2 aromatic carbocycles. The van der Waals surface area contributed by atoms with E-state index in [4.69, 9.17) is 0 Å². The van der Waals surface area contributed by atoms with Crippen LogP contribution in [-0.4, -0.2) is 30.0 Å². The van der Waals surface area contributed by atoms with E-state index < -0.39 is 0 Å². The molecule has 0 saturated heterocycles. The molecule has 0 saturated carbocycles. The fourth-order valence-electron chi connectivity index (χ4n) is 2.16. The molecular weight excluding hydrogens is 419 g/mol. The Morgan fingerprint density at radius 1 is 1.04 bits per heavy atom. The molecule has 0 aliphatic heterocycles. The number of phenolic OH excluding ortho intramolecular Hbond substituents is 1. The van der Waals surface area contributed by atoms with Gasteiger partial charge in [0, 0.05) is 22.2 Å². The van der Waals surface area contributed by atoms with Gasteiger partial charge in [-0.05, 0) is 65.8 Å². The molecule has 0 bridgehead atoms. The third-order valence-electron chi connectivity index (χ3n) is 3.47. The van der Waals surface area contributed by atoms with E-state index in [1.165, 1.54) is 12.1 Å². The molecule has 0 aliphatic carbocycles. The highest BCUT2D eigenvalue weighted by Gasteiger charge is 2.10. The van der Waals surface area contributed by atoms with E-state index in [-0.39, 0.29) is 17.6 Å². The van der Waals surface area contributed by atoms with Gasteiger partial charge in [0.2, 0.25) is 0 Å². The first-order chi connectivity index (χ1) is 11.5. The summed E-state index contributed by atoms with van der Waals surface area (Å²) in [5.74, 6) is -0.296. The number of amides is 2. The zero-order valence-corrected chi connectivity index (χ0v) is 15.5. The van der Waals surface area contributed by atoms with Gasteiger partial charge in [-0.15, -0.1) is 0 Å². The predicted octanol–water partition coefficient (Wildman–Crippen LogP) is 2.86. The summed E-state index contributed by atoms with van der Waals surface area (Å²) in [7, 11) is 0. The minimum Gasteiger partial charge on any atom is -0.508 e. The Kier molecular flexibility index (Phi) is 6.60. The van der Waals surface area contributed by atoms with Crippen molar-refractivity contribution in [1.29, 1.82) is 0 Å². The number of halogens is 1. The van der Waals surface area contributed by atoms with Crippen molar-refractivity contribution in [3.8, 4) is 5.75 Å². The number of carbonyl (C=O) groups is 2. The van der Waals surface area contributed by atoms with Crippen LogP contribution < -0.4 is 10.6 Å². The Balaban J connectivity index is 1.74. The molecule has 3 N–H and O–H groups in total. The van der Waals surface area contributed by atoms with Crippen LogP contribution in [-0.2, 0) is 0 Å². The van der Waals surface area contributed by atoms with Crippen molar-refractivity contribution < 1.29 is 14.7 Å². The summed E-state index contributed by atoms with van der Waals surface area (Å²) in [6.45, 7) is 2.89. The van der Waals surface area contributed by atoms with Crippen LogP contribution >= 0.6 is 22.6 Å². The molecule has 0 aromatic heterocycles. The highest BCUT2D eigenvalue weighted by atomic mass is 127. The Labute approximate surface area is 154 Å². The maximum absolute atomic E-state index is 12.1. The number of hydrogen-bond acceptors (Lipinski definition) is 3. The lowest BCUT2D eigenvalue weighted by molar-refractivity contribution is 0.0951. The fraction of sp³-hybridized carbons (Fsp3) is 0.222. The largest absolute Gasteiger partial charge is 0.508 e. The Morgan fingerprint density at radius 2 is 1.71 bits per heavy atom. The summed E-state index contributed by atoms with van der Waals surface area (Å²) in [5, 5.41) is 15.0. The second-order valence-electron chi connectivity index (χ2n) is 5.35. The third kappa shape index (κ3) is 4.95. The van der Waals surface area contributed by atoms with Crippen molar-refractivity contribution in [2.75, 3.05) is 13.1 Å². The first-order valence-corrected chi connectivity index (χ1v) is 8.67. The van der Waals surface area contributed by atoms with Gasteiger partial charge in [-0.1, -0.05) is 18.2 Å². The number of aromatic hydroxyl groups is 1. The van der Waals surface area contributed by atoms with Crippen LogP contribution in [0.25, 0.3) is 0 Å². The SMILES string of the molecule is Cc1cccc(C(=O)NCCCNC(=O)c2cccc(O)c2)c1I. The van der Waals surface area contributed by atoms with Crippen LogP contribution in [0.2, 0.25) is 0 Å². The highest BCUT2D eigenvalue weighted by Crippen LogP contribution is 2.16. The van der Waals surface area contributed by atoms with Crippen molar-refractivity contribution in [2.24, 2.45) is 0 Å². The average molecular weight is 438 g/mol. The van der Waals surface area contributed by atoms with Gasteiger partial charge < -0.3 is 15.7 Å². The zero-order chi connectivity index (χ0) is 17.5. The Hall–Kier alpha value is -2.09. The van der Waals surface area contributed by atoms with Crippen molar-refractivity contribution in [3.05, 3.63) is 62.7 Å². The highest BCUT2D eigenvalue weighted by molar-refractivity contribution is 14.1. The number of hydrogen-bond donors (Lipinski definition) is 3. The molecule has 24 heavy (non-hydrogen) atoms. The fourth-order valence-corrected chi connectivity index (χ4v) is 2.76. The molecule has 0 spiro atoms. The Morgan fingerprint density at radius 3 is 2.42 bits per heavy atom. The van der Waals surface area contributed by atoms with Crippen molar-refractivity contribution in [3.63, 3.8) is 0 Å². The summed E-state index contributed by atoms with van der Waals surface area (Å²) in [5.41, 5.74) is 2.15. The topological polar surface area (TPSA) is 78.4 Å². The maximum atomic E-state index is 12.1. The maximum Gasteiger partial charge on any atom is 0.252 e. The first-order valence-electron chi connectivity index (χ1n) is 7.59. The summed E-state index contributed by atoms with van der Waals surface area (Å²) in [4.78, 5) is 24.0. The van der Waals surface area contributed by atoms with E-state index in [0.29, 0.717) is 30.6 Å². The van der Waals surface area contributed by atoms with E-state index in [2.05, 4.69) is 33.2 Å². The second-order valence-corrected chi connectivity index (χ2v) is 6.43. The number of nitrogens with one attached hydrogen (secondary N) is 2. The average Bonchev–Trinajstić information content (AvgIpc) is 2.56. The lowest BCUT2D eigenvalue weighted by Gasteiger charge is -2.09. The summed E-state index contributed by atoms with van der Waals surface area (Å²) < 4.78 is 0.949. The molecule has 2 amide bonds. The summed E-state index contributed by atoms with van der Waals surface area (Å²) in [6, 6.07) is 11.8. The summed E-state index contributed by atoms with van der Waals surface area (Å²) >= 11 is 2.17. The van der Waals surface area contributed by atoms with Gasteiger partial charge in [-0.25, -0.2) is 0 Å². The zero-order valence-electron chi connectivity index (χ0n) is 13.3. The van der Waals surface area contributed by atoms with Gasteiger partial charge >= 0.3 is 0 Å². The molecule has 0 atom stereocenters. The monoisotopic (exact) mass is 438 g/mol. The molecular formula is C18H19IN2O3. The van der Waals surface area contributed by atoms with Crippen molar-refractivity contribution >= 4 is 34.4 Å². The van der Waals surface area contributed by atoms with Crippen LogP contribution in [0.4, 0.5) is 0 Å². The van der Waals surface area contributed by atoms with Crippen LogP contribution in [0.3, 0.4) is 0 Å². The van der Waals surface area contributed by atoms with E-state index in [0.717, 1.165) is 9.13 Å². The van der Waals surface area contributed by atoms with Crippen molar-refractivity contribution in [2.45, 2.75) is 13.3 Å². The molecule has 2 rings (SSSR count). The summed E-state index contributed by atoms with van der Waals surface area (Å²) in [6.07, 6.45) is 0.624. The molecule has 126 valence electrons. The molecule has 0 aliphatic rings. The third-order valence-corrected chi connectivity index (χ3v) is 4.90. The molecule has 5 nitrogen and oxygen atoms in total. The number of phenols is 1. The van der Waals surface area contributed by atoms with Gasteiger partial charge in [0.25, 0.3) is 11.8 Å². The standard InChI is InChI=1S/C18H19IN2O3/c1-12-5-2-8-15(16(12)19)18(24)21-10-4-9-20-17(23)13-6-3-7-14(22)11-13/h2-3,5-8,11,22H,4,9-10H2,1H3,(H,20,23)(H,21,24). The van der Waals surface area contributed by atoms with Gasteiger partial charge in [-0.3, -0.25) is 9.59 Å². The van der Waals surface area contributed by atoms with Gasteiger partial charge in [0.15, 0.2) is 0 Å². The van der Waals surface area contributed by atoms with Gasteiger partial charge in [-0.2, -0.15) is 0 Å². The molecule has 0 unspecified atom stereocenters. The van der Waals surface area contributed by atoms with E-state index in [9.17, 15) is 14.7 Å². The van der Waals surface area contributed by atoms with Crippen LogP contribution in [0.1, 0.15) is 32.7 Å². The normalized spacial score (nSPS) is 10.2. The number of aryl methyl sites for hydroxylation is 1. The molecule has 6 heteroatoms. The predicted molar refractivity (Wildman–Crippen MR) is 101 cm³/mol. The smallest absolute Gasteiger partial charge is 0.252 e. The molecule has 2 aromatic rings. The molecule has 0 heterocycles. The van der Waals surface area contributed by atoms with E-state index >= 15 is 0 Å². The number of benzene rings is 2. The van der Waals surface area contributed by atoms with E-state index in [1.54, 1.807) is 18.2 Å². The van der Waals surface area contributed by atoms with Crippen molar-refractivity contribution in [1.82, 2.24) is 10.6 Å². The van der Waals surface area contributed by atoms with Crippen LogP contribution in [0.15, 0.2) is 42.5 Å². The second kappa shape index (κ2) is 8.68. The van der Waals surface area contributed by atoms with E-state index in [1.807, 2.05) is 19.1 Å². The number of carbonyl (C=O) groups excluding carboxylic acids is 2. The lowest BCUT2D eigenvalue weighted by Crippen LogP contribution is -2.30. The lowest BCUT2D eigenvalue weighted by atomic mass is 10.1. The minimum atomic E-state index is -0.245. The van der Waals surface area contributed by atoms with Crippen LogP contribution in [0.5, 0.6) is 5.75 Å². The molecule has 0 radical (unpaired) electrons. The van der Waals surface area contributed by atoms with Gasteiger partial charge in [0.05, 0.1) is 5.56 Å². The first kappa shape index (κ1) is 18.3. The van der Waals surface area contributed by atoms with Gasteiger partial charge in [0.1, 0.15) is 5.75 Å². The number of rotatable bonds is 6. The quantitative estimate of drug-likeness (QED) is 0.480. The Bertz CT molecular complexity index is 747. The minimum absolute atomic E-state index is 0.0580.